The van der Waals surface area contributed by atoms with Gasteiger partial charge in [-0.25, -0.2) is 0 Å². The molecule has 0 spiro atoms. The predicted octanol–water partition coefficient (Wildman–Crippen LogP) is -0.457. The first-order valence-corrected chi connectivity index (χ1v) is 5.58. The molecule has 0 radical (unpaired) electrons. The largest absolute Gasteiger partial charge is 0.450 e. The molecule has 0 fully saturated rings. The monoisotopic (exact) mass is 274 g/mol. The fourth-order valence-electron chi connectivity index (χ4n) is 1.50. The quantitative estimate of drug-likeness (QED) is 0.300. The Morgan fingerprint density at radius 1 is 1.25 bits per heavy atom. The molecule has 0 unspecified atom stereocenters. The number of nitrogens with zero attached hydrogens (tertiary/aromatic N) is 2. The molecular weight excluding hydrogens is 262 g/mol. The van der Waals surface area contributed by atoms with Crippen molar-refractivity contribution in [3.05, 3.63) is 52.3 Å². The number of nitro groups is 1. The molecule has 20 heavy (non-hydrogen) atoms. The fraction of sp³-hybridized carbons (Fsp3) is 0. The molecule has 8 heteroatoms. The van der Waals surface area contributed by atoms with Crippen LogP contribution in [0.4, 0.5) is 5.69 Å². The summed E-state index contributed by atoms with van der Waals surface area (Å²) in [6.07, 6.45) is 1.48. The standard InChI is InChI=1S/C12H11N5O3/c13-12(14)16-15-7-10-5-6-11(20-10)8-1-3-9(4-2-8)17(18)19/h1-7H,(H4,13,14,16)/p+1/b15-7+. The summed E-state index contributed by atoms with van der Waals surface area (Å²) in [6, 6.07) is 9.52. The Morgan fingerprint density at radius 2 is 1.95 bits per heavy atom. The summed E-state index contributed by atoms with van der Waals surface area (Å²) in [7, 11) is 0. The Labute approximate surface area is 113 Å². The van der Waals surface area contributed by atoms with Crippen molar-refractivity contribution in [1.82, 2.24) is 0 Å². The van der Waals surface area contributed by atoms with Gasteiger partial charge in [-0.1, -0.05) is 5.10 Å². The Kier molecular flexibility index (Phi) is 3.75. The Bertz CT molecular complexity index is 669. The second-order valence-electron chi connectivity index (χ2n) is 3.82. The lowest BCUT2D eigenvalue weighted by Crippen LogP contribution is -2.63. The summed E-state index contributed by atoms with van der Waals surface area (Å²) in [5.74, 6) is 1.00. The zero-order chi connectivity index (χ0) is 14.5. The minimum Gasteiger partial charge on any atom is -0.450 e. The van der Waals surface area contributed by atoms with E-state index in [0.29, 0.717) is 11.5 Å². The molecule has 0 aliphatic carbocycles. The molecule has 8 nitrogen and oxygen atoms in total. The molecule has 0 saturated carbocycles. The number of benzene rings is 1. The van der Waals surface area contributed by atoms with E-state index in [1.165, 1.54) is 18.3 Å². The van der Waals surface area contributed by atoms with Crippen molar-refractivity contribution in [3.8, 4) is 11.3 Å². The lowest BCUT2D eigenvalue weighted by molar-refractivity contribution is -0.457. The molecular formula is C12H12N5O3+. The van der Waals surface area contributed by atoms with Crippen molar-refractivity contribution in [1.29, 1.82) is 0 Å². The number of hydrogen-bond acceptors (Lipinski definition) is 4. The van der Waals surface area contributed by atoms with Crippen LogP contribution in [0.3, 0.4) is 0 Å². The van der Waals surface area contributed by atoms with Crippen LogP contribution in [0.1, 0.15) is 5.76 Å². The van der Waals surface area contributed by atoms with Crippen LogP contribution < -0.4 is 16.6 Å². The van der Waals surface area contributed by atoms with Crippen LogP contribution in [0.25, 0.3) is 11.3 Å². The van der Waals surface area contributed by atoms with Gasteiger partial charge in [0.2, 0.25) is 6.21 Å². The third-order valence-corrected chi connectivity index (χ3v) is 2.39. The first kappa shape index (κ1) is 13.3. The summed E-state index contributed by atoms with van der Waals surface area (Å²) in [6.45, 7) is 0. The molecule has 5 N–H and O–H groups in total. The Morgan fingerprint density at radius 3 is 2.55 bits per heavy atom. The van der Waals surface area contributed by atoms with E-state index in [4.69, 9.17) is 15.9 Å². The van der Waals surface area contributed by atoms with Gasteiger partial charge in [-0.05, 0) is 24.3 Å². The van der Waals surface area contributed by atoms with Gasteiger partial charge in [0.15, 0.2) is 5.76 Å². The van der Waals surface area contributed by atoms with Gasteiger partial charge >= 0.3 is 0 Å². The summed E-state index contributed by atoms with van der Waals surface area (Å²) >= 11 is 0. The Hall–Kier alpha value is -3.16. The van der Waals surface area contributed by atoms with Gasteiger partial charge in [0.25, 0.3) is 11.6 Å². The SMILES string of the molecule is NC(N)=N/[NH+]=C/c1ccc(-c2ccc([N+](=O)[O-])cc2)o1. The van der Waals surface area contributed by atoms with Crippen LogP contribution in [-0.2, 0) is 0 Å². The summed E-state index contributed by atoms with van der Waals surface area (Å²) in [4.78, 5) is 10.1. The summed E-state index contributed by atoms with van der Waals surface area (Å²) in [5, 5.41) is 16.6. The second-order valence-corrected chi connectivity index (χ2v) is 3.82. The van der Waals surface area contributed by atoms with Gasteiger partial charge in [0.1, 0.15) is 5.76 Å². The summed E-state index contributed by atoms with van der Waals surface area (Å²) in [5.41, 5.74) is 11.1. The molecule has 0 atom stereocenters. The third-order valence-electron chi connectivity index (χ3n) is 2.39. The van der Waals surface area contributed by atoms with Gasteiger partial charge < -0.3 is 15.9 Å². The van der Waals surface area contributed by atoms with Crippen LogP contribution in [0, 0.1) is 10.1 Å². The lowest BCUT2D eigenvalue weighted by atomic mass is 10.1. The van der Waals surface area contributed by atoms with E-state index in [-0.39, 0.29) is 11.6 Å². The summed E-state index contributed by atoms with van der Waals surface area (Å²) < 4.78 is 5.51. The van der Waals surface area contributed by atoms with Gasteiger partial charge in [-0.3, -0.25) is 10.1 Å². The predicted molar refractivity (Wildman–Crippen MR) is 72.7 cm³/mol. The number of non-ortho nitro benzene ring substituents is 1. The van der Waals surface area contributed by atoms with Crippen LogP contribution in [0.5, 0.6) is 0 Å². The van der Waals surface area contributed by atoms with Crippen LogP contribution in [0.15, 0.2) is 45.9 Å². The highest BCUT2D eigenvalue weighted by atomic mass is 16.6. The van der Waals surface area contributed by atoms with E-state index < -0.39 is 4.92 Å². The molecule has 0 aliphatic rings. The van der Waals surface area contributed by atoms with E-state index in [1.807, 2.05) is 0 Å². The normalized spacial score (nSPS) is 10.6. The van der Waals surface area contributed by atoms with Gasteiger partial charge in [-0.2, -0.15) is 0 Å². The molecule has 0 aliphatic heterocycles. The number of hydrazone groups is 1. The highest BCUT2D eigenvalue weighted by Gasteiger charge is 2.08. The molecule has 1 heterocycles. The zero-order valence-electron chi connectivity index (χ0n) is 10.3. The molecule has 0 saturated heterocycles. The van der Waals surface area contributed by atoms with Crippen LogP contribution in [0.2, 0.25) is 0 Å². The van der Waals surface area contributed by atoms with E-state index in [9.17, 15) is 10.1 Å². The van der Waals surface area contributed by atoms with Crippen molar-refractivity contribution >= 4 is 17.9 Å². The number of furan rings is 1. The smallest absolute Gasteiger partial charge is 0.269 e. The van der Waals surface area contributed by atoms with Crippen molar-refractivity contribution < 1.29 is 14.4 Å². The molecule has 1 aromatic carbocycles. The first-order valence-electron chi connectivity index (χ1n) is 5.58. The molecule has 0 bridgehead atoms. The highest BCUT2D eigenvalue weighted by Crippen LogP contribution is 2.23. The average Bonchev–Trinajstić information content (AvgIpc) is 2.87. The lowest BCUT2D eigenvalue weighted by Gasteiger charge is -1.95. The minimum absolute atomic E-state index is 0.0292. The van der Waals surface area contributed by atoms with Gasteiger partial charge in [0.05, 0.1) is 4.92 Å². The minimum atomic E-state index is -0.454. The number of hydrogen-bond donors (Lipinski definition) is 3. The number of nitro benzene ring substituents is 1. The number of guanidine groups is 1. The maximum atomic E-state index is 10.6. The van der Waals surface area contributed by atoms with E-state index in [2.05, 4.69) is 10.2 Å². The van der Waals surface area contributed by atoms with Crippen LogP contribution >= 0.6 is 0 Å². The van der Waals surface area contributed by atoms with Gasteiger partial charge in [0, 0.05) is 22.8 Å². The third kappa shape index (κ3) is 3.19. The number of nitrogens with two attached hydrogens (primary N) is 2. The topological polar surface area (TPSA) is 135 Å². The van der Waals surface area contributed by atoms with Gasteiger partial charge in [-0.15, -0.1) is 0 Å². The zero-order valence-corrected chi connectivity index (χ0v) is 10.3. The fourth-order valence-corrected chi connectivity index (χ4v) is 1.50. The molecule has 0 amide bonds. The number of rotatable bonds is 4. The average molecular weight is 274 g/mol. The maximum Gasteiger partial charge on any atom is 0.269 e. The molecule has 2 aromatic rings. The molecule has 2 rings (SSSR count). The van der Waals surface area contributed by atoms with E-state index >= 15 is 0 Å². The molecule has 102 valence electrons. The van der Waals surface area contributed by atoms with E-state index in [1.54, 1.807) is 24.3 Å². The van der Waals surface area contributed by atoms with Crippen molar-refractivity contribution in [3.63, 3.8) is 0 Å². The Balaban J connectivity index is 2.18. The first-order chi connectivity index (χ1) is 9.56. The van der Waals surface area contributed by atoms with E-state index in [0.717, 1.165) is 5.56 Å². The second kappa shape index (κ2) is 5.65. The van der Waals surface area contributed by atoms with Crippen molar-refractivity contribution in [2.45, 2.75) is 0 Å². The highest BCUT2D eigenvalue weighted by molar-refractivity contribution is 5.76. The number of nitrogens with one attached hydrogen (secondary N) is 1. The van der Waals surface area contributed by atoms with Crippen molar-refractivity contribution in [2.75, 3.05) is 0 Å². The maximum absolute atomic E-state index is 10.6. The molecule has 1 aromatic heterocycles. The van der Waals surface area contributed by atoms with Crippen molar-refractivity contribution in [2.24, 2.45) is 16.6 Å². The van der Waals surface area contributed by atoms with Crippen LogP contribution in [-0.4, -0.2) is 17.1 Å².